The zero-order chi connectivity index (χ0) is 21.4. The van der Waals surface area contributed by atoms with Gasteiger partial charge in [0.25, 0.3) is 0 Å². The molecule has 1 aromatic carbocycles. The number of nitrogens with two attached hydrogens (primary N) is 1. The fourth-order valence-corrected chi connectivity index (χ4v) is 4.45. The summed E-state index contributed by atoms with van der Waals surface area (Å²) in [5.41, 5.74) is 5.27. The Hall–Kier alpha value is -2.45. The molecule has 8 nitrogen and oxygen atoms in total. The van der Waals surface area contributed by atoms with Crippen LogP contribution in [0.4, 0.5) is 0 Å². The number of benzene rings is 1. The summed E-state index contributed by atoms with van der Waals surface area (Å²) in [6.45, 7) is 5.97. The molecular formula is C21H28N2O6. The van der Waals surface area contributed by atoms with Crippen LogP contribution in [0, 0.1) is 5.41 Å². The van der Waals surface area contributed by atoms with Crippen LogP contribution >= 0.6 is 0 Å². The van der Waals surface area contributed by atoms with Gasteiger partial charge < -0.3 is 25.6 Å². The SMILES string of the molecule is CC12CCC(O1)C(C)(C)C2OC(=O)[C@H](NC(=O)[C@@H](N)CC(=O)O)c1ccccc1. The average Bonchev–Trinajstić information content (AvgIpc) is 3.14. The average molecular weight is 404 g/mol. The highest BCUT2D eigenvalue weighted by molar-refractivity contribution is 5.90. The molecule has 2 bridgehead atoms. The molecule has 0 saturated carbocycles. The number of hydrogen-bond acceptors (Lipinski definition) is 6. The second-order valence-corrected chi connectivity index (χ2v) is 8.65. The summed E-state index contributed by atoms with van der Waals surface area (Å²) in [6, 6.07) is 6.29. The van der Waals surface area contributed by atoms with Crippen LogP contribution in [0.2, 0.25) is 0 Å². The van der Waals surface area contributed by atoms with Gasteiger partial charge in [-0.3, -0.25) is 9.59 Å². The molecule has 0 radical (unpaired) electrons. The number of esters is 1. The largest absolute Gasteiger partial charge is 0.481 e. The maximum absolute atomic E-state index is 13.1. The lowest BCUT2D eigenvalue weighted by molar-refractivity contribution is -0.166. The number of ether oxygens (including phenoxy) is 2. The Bertz CT molecular complexity index is 791. The molecule has 2 fully saturated rings. The van der Waals surface area contributed by atoms with E-state index in [2.05, 4.69) is 5.32 Å². The first kappa shape index (κ1) is 21.3. The summed E-state index contributed by atoms with van der Waals surface area (Å²) >= 11 is 0. The second kappa shape index (κ2) is 7.76. The number of amides is 1. The first-order chi connectivity index (χ1) is 13.5. The Balaban J connectivity index is 1.80. The van der Waals surface area contributed by atoms with Gasteiger partial charge in [-0.2, -0.15) is 0 Å². The van der Waals surface area contributed by atoms with E-state index in [1.54, 1.807) is 30.3 Å². The summed E-state index contributed by atoms with van der Waals surface area (Å²) in [6.07, 6.45) is 0.730. The maximum Gasteiger partial charge on any atom is 0.333 e. The fourth-order valence-electron chi connectivity index (χ4n) is 4.45. The normalized spacial score (nSPS) is 29.1. The Morgan fingerprint density at radius 3 is 2.48 bits per heavy atom. The molecule has 158 valence electrons. The third-order valence-corrected chi connectivity index (χ3v) is 6.00. The van der Waals surface area contributed by atoms with E-state index in [9.17, 15) is 14.4 Å². The summed E-state index contributed by atoms with van der Waals surface area (Å²) in [5, 5.41) is 11.4. The van der Waals surface area contributed by atoms with Crippen LogP contribution in [0.1, 0.15) is 51.6 Å². The maximum atomic E-state index is 13.1. The van der Waals surface area contributed by atoms with Gasteiger partial charge in [-0.15, -0.1) is 0 Å². The molecule has 2 aliphatic heterocycles. The summed E-state index contributed by atoms with van der Waals surface area (Å²) < 4.78 is 12.0. The standard InChI is InChI=1S/C21H28N2O6/c1-20(2)14-9-10-21(3,29-14)19(20)28-18(27)16(12-7-5-4-6-8-12)23-17(26)13(22)11-15(24)25/h4-8,13-14,16,19H,9-11,22H2,1-3H3,(H,23,26)(H,24,25)/t13-,14?,16+,19?,21?/m0/s1. The van der Waals surface area contributed by atoms with Crippen LogP contribution in [0.15, 0.2) is 30.3 Å². The zero-order valence-corrected chi connectivity index (χ0v) is 16.9. The molecule has 2 saturated heterocycles. The molecule has 1 aromatic rings. The van der Waals surface area contributed by atoms with E-state index in [4.69, 9.17) is 20.3 Å². The van der Waals surface area contributed by atoms with Crippen LogP contribution in [0.3, 0.4) is 0 Å². The molecule has 0 spiro atoms. The number of fused-ring (bicyclic) bond motifs is 2. The smallest absolute Gasteiger partial charge is 0.333 e. The second-order valence-electron chi connectivity index (χ2n) is 8.65. The van der Waals surface area contributed by atoms with Crippen molar-refractivity contribution < 1.29 is 29.0 Å². The first-order valence-corrected chi connectivity index (χ1v) is 9.75. The molecule has 2 aliphatic rings. The lowest BCUT2D eigenvalue weighted by Gasteiger charge is -2.39. The minimum Gasteiger partial charge on any atom is -0.481 e. The van der Waals surface area contributed by atoms with Gasteiger partial charge in [0.1, 0.15) is 11.7 Å². The van der Waals surface area contributed by atoms with E-state index in [0.717, 1.165) is 12.8 Å². The highest BCUT2D eigenvalue weighted by Crippen LogP contribution is 2.55. The van der Waals surface area contributed by atoms with Crippen LogP contribution in [-0.2, 0) is 23.9 Å². The van der Waals surface area contributed by atoms with Gasteiger partial charge in [0, 0.05) is 5.41 Å². The molecule has 4 N–H and O–H groups in total. The summed E-state index contributed by atoms with van der Waals surface area (Å²) in [4.78, 5) is 36.4. The van der Waals surface area contributed by atoms with Gasteiger partial charge in [-0.25, -0.2) is 4.79 Å². The Kier molecular flexibility index (Phi) is 5.69. The number of carboxylic acid groups (broad SMARTS) is 1. The van der Waals surface area contributed by atoms with Gasteiger partial charge in [-0.1, -0.05) is 44.2 Å². The number of carbonyl (C=O) groups is 3. The van der Waals surface area contributed by atoms with Gasteiger partial charge in [0.2, 0.25) is 5.91 Å². The minimum atomic E-state index is -1.27. The molecule has 8 heteroatoms. The molecule has 29 heavy (non-hydrogen) atoms. The van der Waals surface area contributed by atoms with Crippen molar-refractivity contribution in [2.75, 3.05) is 0 Å². The van der Waals surface area contributed by atoms with E-state index >= 15 is 0 Å². The predicted molar refractivity (Wildman–Crippen MR) is 104 cm³/mol. The monoisotopic (exact) mass is 404 g/mol. The van der Waals surface area contributed by atoms with Crippen molar-refractivity contribution in [1.82, 2.24) is 5.32 Å². The highest BCUT2D eigenvalue weighted by Gasteiger charge is 2.63. The molecule has 2 heterocycles. The minimum absolute atomic E-state index is 0.0130. The Labute approximate surface area is 169 Å². The molecule has 0 aliphatic carbocycles. The number of carboxylic acids is 1. The number of nitrogens with one attached hydrogen (secondary N) is 1. The summed E-state index contributed by atoms with van der Waals surface area (Å²) in [7, 11) is 0. The van der Waals surface area contributed by atoms with Gasteiger partial charge in [0.05, 0.1) is 18.6 Å². The molecule has 5 atom stereocenters. The Morgan fingerprint density at radius 1 is 1.28 bits per heavy atom. The number of hydrogen-bond donors (Lipinski definition) is 3. The van der Waals surface area contributed by atoms with Crippen molar-refractivity contribution in [1.29, 1.82) is 0 Å². The van der Waals surface area contributed by atoms with Crippen LogP contribution in [0.5, 0.6) is 0 Å². The fraction of sp³-hybridized carbons (Fsp3) is 0.571. The van der Waals surface area contributed by atoms with Gasteiger partial charge in [0.15, 0.2) is 6.04 Å². The van der Waals surface area contributed by atoms with Crippen molar-refractivity contribution in [3.05, 3.63) is 35.9 Å². The van der Waals surface area contributed by atoms with Crippen LogP contribution < -0.4 is 11.1 Å². The van der Waals surface area contributed by atoms with E-state index < -0.39 is 48.1 Å². The van der Waals surface area contributed by atoms with Crippen molar-refractivity contribution in [3.63, 3.8) is 0 Å². The Morgan fingerprint density at radius 2 is 1.93 bits per heavy atom. The topological polar surface area (TPSA) is 128 Å². The van der Waals surface area contributed by atoms with E-state index in [0.29, 0.717) is 5.56 Å². The molecule has 0 aromatic heterocycles. The van der Waals surface area contributed by atoms with Crippen LogP contribution in [0.25, 0.3) is 0 Å². The van der Waals surface area contributed by atoms with E-state index in [1.165, 1.54) is 0 Å². The first-order valence-electron chi connectivity index (χ1n) is 9.75. The van der Waals surface area contributed by atoms with E-state index in [1.807, 2.05) is 20.8 Å². The number of carbonyl (C=O) groups excluding carboxylic acids is 2. The molecule has 3 rings (SSSR count). The zero-order valence-electron chi connectivity index (χ0n) is 16.9. The quantitative estimate of drug-likeness (QED) is 0.588. The lowest BCUT2D eigenvalue weighted by atomic mass is 9.70. The van der Waals surface area contributed by atoms with Gasteiger partial charge >= 0.3 is 11.9 Å². The molecule has 3 unspecified atom stereocenters. The highest BCUT2D eigenvalue weighted by atomic mass is 16.6. The van der Waals surface area contributed by atoms with E-state index in [-0.39, 0.29) is 11.5 Å². The summed E-state index contributed by atoms with van der Waals surface area (Å²) in [5.74, 6) is -2.55. The molecule has 1 amide bonds. The molecular weight excluding hydrogens is 376 g/mol. The van der Waals surface area contributed by atoms with Crippen molar-refractivity contribution >= 4 is 17.8 Å². The van der Waals surface area contributed by atoms with Crippen LogP contribution in [-0.4, -0.2) is 46.8 Å². The van der Waals surface area contributed by atoms with Crippen molar-refractivity contribution in [3.8, 4) is 0 Å². The number of aliphatic carboxylic acids is 1. The third kappa shape index (κ3) is 4.13. The van der Waals surface area contributed by atoms with Crippen molar-refractivity contribution in [2.24, 2.45) is 11.1 Å². The lowest BCUT2D eigenvalue weighted by Crippen LogP contribution is -2.51. The van der Waals surface area contributed by atoms with Crippen molar-refractivity contribution in [2.45, 2.75) is 69.9 Å². The predicted octanol–water partition coefficient (Wildman–Crippen LogP) is 1.54. The van der Waals surface area contributed by atoms with Gasteiger partial charge in [-0.05, 0) is 25.3 Å². The third-order valence-electron chi connectivity index (χ3n) is 6.00. The number of rotatable bonds is 7.